The van der Waals surface area contributed by atoms with Crippen molar-refractivity contribution in [2.75, 3.05) is 10.1 Å². The van der Waals surface area contributed by atoms with Crippen LogP contribution in [0.15, 0.2) is 82.8 Å². The van der Waals surface area contributed by atoms with Gasteiger partial charge in [-0.15, -0.1) is 0 Å². The molecule has 0 atom stereocenters. The van der Waals surface area contributed by atoms with Gasteiger partial charge in [0.05, 0.1) is 21.6 Å². The molecule has 0 saturated carbocycles. The maximum atomic E-state index is 12.6. The minimum absolute atomic E-state index is 0.100. The standard InChI is InChI=1S/C20H15F3N4O4S/c21-20(22,23)15-8-6-14(7-9-15)13-24-25-18-11-10-17(12-19(18)27(28)29)32(30,31)26-16-4-2-1-3-5-16/h1-13,25-26H/b24-13-. The number of nitro groups is 1. The number of hydrogen-bond acceptors (Lipinski definition) is 6. The summed E-state index contributed by atoms with van der Waals surface area (Å²) in [6.45, 7) is 0. The minimum atomic E-state index is -4.47. The number of sulfonamides is 1. The first-order valence-electron chi connectivity index (χ1n) is 8.89. The molecule has 0 fully saturated rings. The predicted octanol–water partition coefficient (Wildman–Crippen LogP) is 4.86. The van der Waals surface area contributed by atoms with Crippen molar-refractivity contribution in [3.63, 3.8) is 0 Å². The van der Waals surface area contributed by atoms with Gasteiger partial charge in [0.2, 0.25) is 0 Å². The zero-order valence-corrected chi connectivity index (χ0v) is 16.9. The Labute approximate surface area is 180 Å². The van der Waals surface area contributed by atoms with Crippen LogP contribution in [0.1, 0.15) is 11.1 Å². The van der Waals surface area contributed by atoms with Crippen LogP contribution in [0.4, 0.5) is 30.2 Å². The third-order valence-corrected chi connectivity index (χ3v) is 5.52. The lowest BCUT2D eigenvalue weighted by atomic mass is 10.1. The number of anilines is 2. The van der Waals surface area contributed by atoms with E-state index in [-0.39, 0.29) is 10.6 Å². The summed E-state index contributed by atoms with van der Waals surface area (Å²) in [7, 11) is -4.08. The summed E-state index contributed by atoms with van der Waals surface area (Å²) in [5, 5.41) is 15.2. The van der Waals surface area contributed by atoms with E-state index in [0.29, 0.717) is 11.3 Å². The number of halogens is 3. The lowest BCUT2D eigenvalue weighted by Crippen LogP contribution is -2.13. The summed E-state index contributed by atoms with van der Waals surface area (Å²) in [5.41, 5.74) is 1.54. The molecule has 0 heterocycles. The highest BCUT2D eigenvalue weighted by atomic mass is 32.2. The molecule has 32 heavy (non-hydrogen) atoms. The van der Waals surface area contributed by atoms with Gasteiger partial charge in [0.25, 0.3) is 15.7 Å². The Kier molecular flexibility index (Phi) is 6.44. The number of benzene rings is 3. The monoisotopic (exact) mass is 464 g/mol. The summed E-state index contributed by atoms with van der Waals surface area (Å²) < 4.78 is 65.1. The van der Waals surface area contributed by atoms with Crippen molar-refractivity contribution >= 4 is 33.3 Å². The molecule has 12 heteroatoms. The first kappa shape index (κ1) is 22.7. The number of hydrogen-bond donors (Lipinski definition) is 2. The van der Waals surface area contributed by atoms with E-state index in [4.69, 9.17) is 0 Å². The van der Waals surface area contributed by atoms with Gasteiger partial charge in [0, 0.05) is 11.8 Å². The SMILES string of the molecule is O=[N+]([O-])c1cc(S(=O)(=O)Nc2ccccc2)ccc1N/N=C\c1ccc(C(F)(F)F)cc1. The molecule has 3 aromatic carbocycles. The third-order valence-electron chi connectivity index (χ3n) is 4.14. The van der Waals surface area contributed by atoms with Crippen molar-refractivity contribution in [3.8, 4) is 0 Å². The molecule has 0 aliphatic rings. The van der Waals surface area contributed by atoms with Gasteiger partial charge < -0.3 is 0 Å². The molecule has 0 bridgehead atoms. The average Bonchev–Trinajstić information content (AvgIpc) is 2.74. The Hall–Kier alpha value is -3.93. The molecular weight excluding hydrogens is 449 g/mol. The molecule has 0 aromatic heterocycles. The Balaban J connectivity index is 1.79. The van der Waals surface area contributed by atoms with Crippen LogP contribution < -0.4 is 10.1 Å². The van der Waals surface area contributed by atoms with Gasteiger partial charge in [0.15, 0.2) is 0 Å². The van der Waals surface area contributed by atoms with Crippen LogP contribution >= 0.6 is 0 Å². The van der Waals surface area contributed by atoms with Gasteiger partial charge >= 0.3 is 6.18 Å². The van der Waals surface area contributed by atoms with E-state index in [1.165, 1.54) is 36.5 Å². The summed E-state index contributed by atoms with van der Waals surface area (Å²) >= 11 is 0. The highest BCUT2D eigenvalue weighted by molar-refractivity contribution is 7.92. The summed E-state index contributed by atoms with van der Waals surface area (Å²) in [6, 6.07) is 15.3. The largest absolute Gasteiger partial charge is 0.416 e. The van der Waals surface area contributed by atoms with Gasteiger partial charge in [-0.25, -0.2) is 8.42 Å². The van der Waals surface area contributed by atoms with E-state index >= 15 is 0 Å². The number of nitrogens with zero attached hydrogens (tertiary/aromatic N) is 2. The van der Waals surface area contributed by atoms with E-state index < -0.39 is 32.4 Å². The Morgan fingerprint density at radius 1 is 0.969 bits per heavy atom. The van der Waals surface area contributed by atoms with E-state index in [2.05, 4.69) is 15.2 Å². The van der Waals surface area contributed by atoms with E-state index in [9.17, 15) is 31.7 Å². The summed E-state index contributed by atoms with van der Waals surface area (Å²) in [5.74, 6) is 0. The number of nitro benzene ring substituents is 1. The second kappa shape index (κ2) is 9.06. The summed E-state index contributed by atoms with van der Waals surface area (Å²) in [4.78, 5) is 10.3. The molecule has 0 unspecified atom stereocenters. The second-order valence-electron chi connectivity index (χ2n) is 6.40. The highest BCUT2D eigenvalue weighted by Gasteiger charge is 2.29. The van der Waals surface area contributed by atoms with Gasteiger partial charge in [-0.3, -0.25) is 20.3 Å². The Morgan fingerprint density at radius 3 is 2.22 bits per heavy atom. The zero-order chi connectivity index (χ0) is 23.4. The lowest BCUT2D eigenvalue weighted by Gasteiger charge is -2.09. The van der Waals surface area contributed by atoms with Gasteiger partial charge in [0.1, 0.15) is 5.69 Å². The van der Waals surface area contributed by atoms with Gasteiger partial charge in [-0.05, 0) is 42.0 Å². The first-order chi connectivity index (χ1) is 15.1. The second-order valence-corrected chi connectivity index (χ2v) is 8.08. The van der Waals surface area contributed by atoms with Gasteiger partial charge in [-0.2, -0.15) is 18.3 Å². The van der Waals surface area contributed by atoms with Crippen LogP contribution in [0, 0.1) is 10.1 Å². The van der Waals surface area contributed by atoms with E-state index in [1.54, 1.807) is 18.2 Å². The smallest absolute Gasteiger partial charge is 0.280 e. The maximum absolute atomic E-state index is 12.6. The van der Waals surface area contributed by atoms with Gasteiger partial charge in [-0.1, -0.05) is 30.3 Å². The van der Waals surface area contributed by atoms with Crippen molar-refractivity contribution < 1.29 is 26.5 Å². The van der Waals surface area contributed by atoms with Crippen LogP contribution in [-0.4, -0.2) is 19.6 Å². The van der Waals surface area contributed by atoms with Crippen molar-refractivity contribution in [2.45, 2.75) is 11.1 Å². The molecule has 166 valence electrons. The van der Waals surface area contributed by atoms with Crippen LogP contribution in [0.3, 0.4) is 0 Å². The first-order valence-corrected chi connectivity index (χ1v) is 10.4. The molecule has 8 nitrogen and oxygen atoms in total. The fourth-order valence-corrected chi connectivity index (χ4v) is 3.66. The van der Waals surface area contributed by atoms with Crippen molar-refractivity contribution in [2.24, 2.45) is 5.10 Å². The normalized spacial score (nSPS) is 12.0. The third kappa shape index (κ3) is 5.60. The van der Waals surface area contributed by atoms with Crippen molar-refractivity contribution in [3.05, 3.63) is 94.0 Å². The van der Waals surface area contributed by atoms with Crippen molar-refractivity contribution in [1.82, 2.24) is 0 Å². The van der Waals surface area contributed by atoms with Crippen molar-refractivity contribution in [1.29, 1.82) is 0 Å². The van der Waals surface area contributed by atoms with E-state index in [1.807, 2.05) is 0 Å². The zero-order valence-electron chi connectivity index (χ0n) is 16.1. The molecular formula is C20H15F3N4O4S. The predicted molar refractivity (Wildman–Crippen MR) is 113 cm³/mol. The molecule has 3 rings (SSSR count). The quantitative estimate of drug-likeness (QED) is 0.295. The molecule has 2 N–H and O–H groups in total. The number of alkyl halides is 3. The molecule has 0 spiro atoms. The number of para-hydroxylation sites is 1. The van der Waals surface area contributed by atoms with Crippen LogP contribution in [0.5, 0.6) is 0 Å². The molecule has 0 aliphatic carbocycles. The average molecular weight is 464 g/mol. The molecule has 0 radical (unpaired) electrons. The molecule has 0 saturated heterocycles. The Bertz CT molecular complexity index is 1250. The minimum Gasteiger partial charge on any atom is -0.280 e. The molecule has 0 aliphatic heterocycles. The summed E-state index contributed by atoms with van der Waals surface area (Å²) in [6.07, 6.45) is -3.29. The number of hydrazone groups is 1. The van der Waals surface area contributed by atoms with E-state index in [0.717, 1.165) is 24.3 Å². The topological polar surface area (TPSA) is 114 Å². The molecule has 0 amide bonds. The highest BCUT2D eigenvalue weighted by Crippen LogP contribution is 2.30. The number of rotatable bonds is 7. The molecule has 3 aromatic rings. The maximum Gasteiger partial charge on any atom is 0.416 e. The Morgan fingerprint density at radius 2 is 1.62 bits per heavy atom. The lowest BCUT2D eigenvalue weighted by molar-refractivity contribution is -0.384. The van der Waals surface area contributed by atoms with Crippen LogP contribution in [0.2, 0.25) is 0 Å². The van der Waals surface area contributed by atoms with Crippen LogP contribution in [0.25, 0.3) is 0 Å². The fourth-order valence-electron chi connectivity index (χ4n) is 2.58. The van der Waals surface area contributed by atoms with Crippen LogP contribution in [-0.2, 0) is 16.2 Å². The fraction of sp³-hybridized carbons (Fsp3) is 0.0500. The number of nitrogens with one attached hydrogen (secondary N) is 2.